The summed E-state index contributed by atoms with van der Waals surface area (Å²) in [6.07, 6.45) is -0.489. The first kappa shape index (κ1) is 12.9. The van der Waals surface area contributed by atoms with Crippen molar-refractivity contribution in [2.75, 3.05) is 26.8 Å². The number of primary amides is 1. The standard InChI is InChI=1S/C13H18N2O3/c1-17-11-4-2-10(3-5-11)8-15-6-7-18-12(9-15)13(14)16/h2-5,12H,6-9H2,1H3,(H2,14,16). The van der Waals surface area contributed by atoms with Crippen molar-refractivity contribution in [1.82, 2.24) is 4.90 Å². The maximum atomic E-state index is 11.1. The van der Waals surface area contributed by atoms with Crippen molar-refractivity contribution in [3.8, 4) is 5.75 Å². The number of rotatable bonds is 4. The molecule has 98 valence electrons. The monoisotopic (exact) mass is 250 g/mol. The minimum Gasteiger partial charge on any atom is -0.497 e. The van der Waals surface area contributed by atoms with E-state index in [1.807, 2.05) is 24.3 Å². The van der Waals surface area contributed by atoms with Gasteiger partial charge in [0.2, 0.25) is 5.91 Å². The fourth-order valence-electron chi connectivity index (χ4n) is 2.01. The highest BCUT2D eigenvalue weighted by atomic mass is 16.5. The molecule has 1 unspecified atom stereocenters. The smallest absolute Gasteiger partial charge is 0.247 e. The van der Waals surface area contributed by atoms with Crippen LogP contribution in [0.4, 0.5) is 0 Å². The van der Waals surface area contributed by atoms with Crippen molar-refractivity contribution in [3.05, 3.63) is 29.8 Å². The van der Waals surface area contributed by atoms with E-state index in [1.54, 1.807) is 7.11 Å². The number of carbonyl (C=O) groups excluding carboxylic acids is 1. The minimum absolute atomic E-state index is 0.394. The summed E-state index contributed by atoms with van der Waals surface area (Å²) in [4.78, 5) is 13.3. The van der Waals surface area contributed by atoms with Crippen LogP contribution >= 0.6 is 0 Å². The van der Waals surface area contributed by atoms with Crippen molar-refractivity contribution in [2.24, 2.45) is 5.73 Å². The van der Waals surface area contributed by atoms with Gasteiger partial charge in [0, 0.05) is 19.6 Å². The highest BCUT2D eigenvalue weighted by Gasteiger charge is 2.24. The third-order valence-electron chi connectivity index (χ3n) is 3.03. The van der Waals surface area contributed by atoms with E-state index in [0.717, 1.165) is 18.8 Å². The summed E-state index contributed by atoms with van der Waals surface area (Å²) < 4.78 is 10.4. The van der Waals surface area contributed by atoms with Crippen LogP contribution < -0.4 is 10.5 Å². The Morgan fingerprint density at radius 1 is 1.50 bits per heavy atom. The molecule has 1 heterocycles. The molecule has 0 bridgehead atoms. The first-order valence-electron chi connectivity index (χ1n) is 5.95. The van der Waals surface area contributed by atoms with Gasteiger partial charge < -0.3 is 15.2 Å². The molecule has 1 aromatic carbocycles. The molecule has 5 heteroatoms. The zero-order valence-electron chi connectivity index (χ0n) is 10.5. The molecule has 2 rings (SSSR count). The third-order valence-corrected chi connectivity index (χ3v) is 3.03. The summed E-state index contributed by atoms with van der Waals surface area (Å²) in [7, 11) is 1.65. The Morgan fingerprint density at radius 3 is 2.83 bits per heavy atom. The van der Waals surface area contributed by atoms with E-state index < -0.39 is 12.0 Å². The summed E-state index contributed by atoms with van der Waals surface area (Å²) in [5, 5.41) is 0. The Hall–Kier alpha value is -1.59. The molecule has 1 saturated heterocycles. The summed E-state index contributed by atoms with van der Waals surface area (Å²) in [5.41, 5.74) is 6.43. The van der Waals surface area contributed by atoms with Crippen LogP contribution in [0.25, 0.3) is 0 Å². The van der Waals surface area contributed by atoms with Crippen LogP contribution in [0.5, 0.6) is 5.75 Å². The zero-order valence-corrected chi connectivity index (χ0v) is 10.5. The summed E-state index contributed by atoms with van der Waals surface area (Å²) in [5.74, 6) is 0.449. The lowest BCUT2D eigenvalue weighted by Crippen LogP contribution is -2.47. The minimum atomic E-state index is -0.489. The van der Waals surface area contributed by atoms with Gasteiger partial charge in [0.1, 0.15) is 11.9 Å². The van der Waals surface area contributed by atoms with E-state index in [-0.39, 0.29) is 0 Å². The van der Waals surface area contributed by atoms with Crippen molar-refractivity contribution >= 4 is 5.91 Å². The highest BCUT2D eigenvalue weighted by Crippen LogP contribution is 2.14. The average molecular weight is 250 g/mol. The Balaban J connectivity index is 1.93. The van der Waals surface area contributed by atoms with E-state index in [2.05, 4.69) is 4.90 Å². The maximum absolute atomic E-state index is 11.1. The molecule has 18 heavy (non-hydrogen) atoms. The van der Waals surface area contributed by atoms with Crippen LogP contribution in [0.15, 0.2) is 24.3 Å². The Bertz CT molecular complexity index is 405. The SMILES string of the molecule is COc1ccc(CN2CCOC(C(N)=O)C2)cc1. The molecule has 0 aromatic heterocycles. The number of nitrogens with two attached hydrogens (primary N) is 1. The molecule has 0 aliphatic carbocycles. The quantitative estimate of drug-likeness (QED) is 0.839. The van der Waals surface area contributed by atoms with Crippen LogP contribution in [-0.4, -0.2) is 43.7 Å². The molecule has 1 aliphatic rings. The predicted molar refractivity (Wildman–Crippen MR) is 67.2 cm³/mol. The fraction of sp³-hybridized carbons (Fsp3) is 0.462. The largest absolute Gasteiger partial charge is 0.497 e. The van der Waals surface area contributed by atoms with E-state index in [4.69, 9.17) is 15.2 Å². The lowest BCUT2D eigenvalue weighted by molar-refractivity contribution is -0.135. The van der Waals surface area contributed by atoms with Crippen LogP contribution in [0.2, 0.25) is 0 Å². The first-order chi connectivity index (χ1) is 8.69. The highest BCUT2D eigenvalue weighted by molar-refractivity contribution is 5.79. The molecule has 5 nitrogen and oxygen atoms in total. The van der Waals surface area contributed by atoms with Gasteiger partial charge in [0.25, 0.3) is 0 Å². The normalized spacial score (nSPS) is 20.6. The number of benzene rings is 1. The van der Waals surface area contributed by atoms with Crippen LogP contribution in [0.3, 0.4) is 0 Å². The lowest BCUT2D eigenvalue weighted by atomic mass is 10.2. The molecule has 2 N–H and O–H groups in total. The van der Waals surface area contributed by atoms with Crippen LogP contribution in [0.1, 0.15) is 5.56 Å². The van der Waals surface area contributed by atoms with Crippen molar-refractivity contribution in [3.63, 3.8) is 0 Å². The zero-order chi connectivity index (χ0) is 13.0. The average Bonchev–Trinajstić information content (AvgIpc) is 2.40. The molecule has 0 spiro atoms. The van der Waals surface area contributed by atoms with Crippen LogP contribution in [0, 0.1) is 0 Å². The molecular formula is C13H18N2O3. The second-order valence-corrected chi connectivity index (χ2v) is 4.34. The summed E-state index contributed by atoms with van der Waals surface area (Å²) in [6, 6.07) is 7.91. The second-order valence-electron chi connectivity index (χ2n) is 4.34. The molecular weight excluding hydrogens is 232 g/mol. The van der Waals surface area contributed by atoms with Crippen molar-refractivity contribution in [2.45, 2.75) is 12.6 Å². The van der Waals surface area contributed by atoms with Gasteiger partial charge in [-0.25, -0.2) is 0 Å². The topological polar surface area (TPSA) is 64.8 Å². The van der Waals surface area contributed by atoms with Crippen molar-refractivity contribution < 1.29 is 14.3 Å². The molecule has 1 aromatic rings. The van der Waals surface area contributed by atoms with E-state index in [9.17, 15) is 4.79 Å². The molecule has 1 fully saturated rings. The number of methoxy groups -OCH3 is 1. The lowest BCUT2D eigenvalue weighted by Gasteiger charge is -2.31. The van der Waals surface area contributed by atoms with Crippen LogP contribution in [-0.2, 0) is 16.1 Å². The van der Waals surface area contributed by atoms with Crippen molar-refractivity contribution in [1.29, 1.82) is 0 Å². The second kappa shape index (κ2) is 5.84. The Labute approximate surface area is 106 Å². The number of amides is 1. The van der Waals surface area contributed by atoms with Gasteiger partial charge in [-0.2, -0.15) is 0 Å². The number of nitrogens with zero attached hydrogens (tertiary/aromatic N) is 1. The maximum Gasteiger partial charge on any atom is 0.247 e. The molecule has 1 atom stereocenters. The van der Waals surface area contributed by atoms with Gasteiger partial charge >= 0.3 is 0 Å². The fourth-order valence-corrected chi connectivity index (χ4v) is 2.01. The van der Waals surface area contributed by atoms with Gasteiger partial charge in [-0.15, -0.1) is 0 Å². The number of carbonyl (C=O) groups is 1. The number of morpholine rings is 1. The van der Waals surface area contributed by atoms with Gasteiger partial charge in [0.05, 0.1) is 13.7 Å². The van der Waals surface area contributed by atoms with Gasteiger partial charge in [-0.1, -0.05) is 12.1 Å². The molecule has 1 aliphatic heterocycles. The Kier molecular flexibility index (Phi) is 4.17. The summed E-state index contributed by atoms with van der Waals surface area (Å²) >= 11 is 0. The number of hydrogen-bond acceptors (Lipinski definition) is 4. The number of hydrogen-bond donors (Lipinski definition) is 1. The molecule has 0 saturated carbocycles. The van der Waals surface area contributed by atoms with Gasteiger partial charge in [-0.05, 0) is 17.7 Å². The third kappa shape index (κ3) is 3.21. The predicted octanol–water partition coefficient (Wildman–Crippen LogP) is 0.381. The van der Waals surface area contributed by atoms with E-state index >= 15 is 0 Å². The summed E-state index contributed by atoms with van der Waals surface area (Å²) in [6.45, 7) is 2.71. The first-order valence-corrected chi connectivity index (χ1v) is 5.95. The number of ether oxygens (including phenoxy) is 2. The van der Waals surface area contributed by atoms with Gasteiger partial charge in [-0.3, -0.25) is 9.69 Å². The molecule has 1 amide bonds. The van der Waals surface area contributed by atoms with E-state index in [0.29, 0.717) is 13.2 Å². The Morgan fingerprint density at radius 2 is 2.22 bits per heavy atom. The molecule has 0 radical (unpaired) electrons. The van der Waals surface area contributed by atoms with Gasteiger partial charge in [0.15, 0.2) is 0 Å². The van der Waals surface area contributed by atoms with E-state index in [1.165, 1.54) is 5.56 Å².